The van der Waals surface area contributed by atoms with Crippen LogP contribution in [-0.2, 0) is 16.3 Å². The molecule has 1 aliphatic rings. The number of alkyl halides is 1. The lowest BCUT2D eigenvalue weighted by Crippen LogP contribution is -2.40. The topological polar surface area (TPSA) is 89.0 Å². The van der Waals surface area contributed by atoms with E-state index in [1.807, 2.05) is 6.92 Å². The Morgan fingerprint density at radius 2 is 2.28 bits per heavy atom. The summed E-state index contributed by atoms with van der Waals surface area (Å²) < 4.78 is 26.5. The van der Waals surface area contributed by atoms with E-state index < -0.39 is 21.3 Å². The van der Waals surface area contributed by atoms with Gasteiger partial charge in [-0.2, -0.15) is 0 Å². The second-order valence-corrected chi connectivity index (χ2v) is 7.54. The van der Waals surface area contributed by atoms with E-state index in [-0.39, 0.29) is 17.4 Å². The van der Waals surface area contributed by atoms with Gasteiger partial charge in [-0.25, -0.2) is 8.42 Å². The van der Waals surface area contributed by atoms with E-state index in [1.54, 1.807) is 0 Å². The SMILES string of the molecule is CCc1nnsc1C(=O)NC1CS(=O)(=O)CC1Cl. The molecule has 1 aliphatic heterocycles. The Balaban J connectivity index is 2.09. The van der Waals surface area contributed by atoms with Gasteiger partial charge in [0.15, 0.2) is 9.84 Å². The molecule has 2 rings (SSSR count). The molecule has 1 fully saturated rings. The van der Waals surface area contributed by atoms with Crippen molar-refractivity contribution in [3.8, 4) is 0 Å². The zero-order chi connectivity index (χ0) is 13.3. The molecule has 1 amide bonds. The molecular weight excluding hydrogens is 298 g/mol. The van der Waals surface area contributed by atoms with Crippen LogP contribution < -0.4 is 5.32 Å². The molecule has 0 aromatic carbocycles. The maximum absolute atomic E-state index is 12.0. The maximum atomic E-state index is 12.0. The van der Waals surface area contributed by atoms with Gasteiger partial charge in [0.2, 0.25) is 0 Å². The summed E-state index contributed by atoms with van der Waals surface area (Å²) in [5.41, 5.74) is 0.615. The molecule has 2 heterocycles. The van der Waals surface area contributed by atoms with Crippen molar-refractivity contribution >= 4 is 38.9 Å². The molecule has 0 saturated carbocycles. The van der Waals surface area contributed by atoms with Gasteiger partial charge in [-0.3, -0.25) is 4.79 Å². The monoisotopic (exact) mass is 309 g/mol. The van der Waals surface area contributed by atoms with E-state index in [2.05, 4.69) is 14.9 Å². The highest BCUT2D eigenvalue weighted by molar-refractivity contribution is 7.91. The highest BCUT2D eigenvalue weighted by atomic mass is 35.5. The van der Waals surface area contributed by atoms with Gasteiger partial charge in [-0.1, -0.05) is 11.4 Å². The Hall–Kier alpha value is -0.730. The second-order valence-electron chi connectivity index (χ2n) is 4.08. The van der Waals surface area contributed by atoms with Gasteiger partial charge in [0.05, 0.1) is 28.6 Å². The number of hydrogen-bond donors (Lipinski definition) is 1. The minimum absolute atomic E-state index is 0.0962. The molecule has 1 N–H and O–H groups in total. The normalized spacial score (nSPS) is 26.1. The van der Waals surface area contributed by atoms with E-state index in [0.717, 1.165) is 11.5 Å². The van der Waals surface area contributed by atoms with Gasteiger partial charge in [0.25, 0.3) is 5.91 Å². The molecule has 2 atom stereocenters. The maximum Gasteiger partial charge on any atom is 0.265 e. The van der Waals surface area contributed by atoms with Gasteiger partial charge >= 0.3 is 0 Å². The van der Waals surface area contributed by atoms with Crippen molar-refractivity contribution in [3.63, 3.8) is 0 Å². The lowest BCUT2D eigenvalue weighted by atomic mass is 10.2. The number of aryl methyl sites for hydroxylation is 1. The van der Waals surface area contributed by atoms with Crippen LogP contribution in [0.5, 0.6) is 0 Å². The van der Waals surface area contributed by atoms with Gasteiger partial charge in [0.1, 0.15) is 4.88 Å². The Kier molecular flexibility index (Phi) is 3.88. The Bertz CT molecular complexity index is 557. The highest BCUT2D eigenvalue weighted by Crippen LogP contribution is 2.19. The molecule has 2 unspecified atom stereocenters. The fraction of sp³-hybridized carbons (Fsp3) is 0.667. The number of carbonyl (C=O) groups excluding carboxylic acids is 1. The van der Waals surface area contributed by atoms with Crippen molar-refractivity contribution in [2.75, 3.05) is 11.5 Å². The first-order valence-corrected chi connectivity index (χ1v) is 8.42. The first-order chi connectivity index (χ1) is 8.43. The van der Waals surface area contributed by atoms with E-state index in [0.29, 0.717) is 17.0 Å². The second kappa shape index (κ2) is 5.10. The molecule has 0 aliphatic carbocycles. The van der Waals surface area contributed by atoms with Gasteiger partial charge in [-0.15, -0.1) is 16.7 Å². The van der Waals surface area contributed by atoms with Crippen molar-refractivity contribution in [2.24, 2.45) is 0 Å². The number of amides is 1. The third-order valence-electron chi connectivity index (χ3n) is 2.70. The third-order valence-corrected chi connectivity index (χ3v) is 5.84. The Morgan fingerprint density at radius 1 is 1.56 bits per heavy atom. The van der Waals surface area contributed by atoms with Crippen LogP contribution in [0.25, 0.3) is 0 Å². The number of sulfone groups is 1. The molecule has 1 saturated heterocycles. The van der Waals surface area contributed by atoms with Crippen molar-refractivity contribution in [1.29, 1.82) is 0 Å². The molecule has 6 nitrogen and oxygen atoms in total. The number of hydrogen-bond acceptors (Lipinski definition) is 6. The van der Waals surface area contributed by atoms with Crippen LogP contribution in [0.1, 0.15) is 22.3 Å². The van der Waals surface area contributed by atoms with Crippen molar-refractivity contribution in [2.45, 2.75) is 24.8 Å². The molecule has 9 heteroatoms. The van der Waals surface area contributed by atoms with Crippen molar-refractivity contribution in [3.05, 3.63) is 10.6 Å². The summed E-state index contributed by atoms with van der Waals surface area (Å²) in [7, 11) is -3.15. The summed E-state index contributed by atoms with van der Waals surface area (Å²) in [4.78, 5) is 12.4. The molecule has 0 spiro atoms. The summed E-state index contributed by atoms with van der Waals surface area (Å²) in [6.45, 7) is 1.87. The number of aromatic nitrogens is 2. The quantitative estimate of drug-likeness (QED) is 0.808. The van der Waals surface area contributed by atoms with Crippen LogP contribution in [0.15, 0.2) is 0 Å². The number of nitrogens with zero attached hydrogens (tertiary/aromatic N) is 2. The van der Waals surface area contributed by atoms with Crippen LogP contribution in [0.3, 0.4) is 0 Å². The summed E-state index contributed by atoms with van der Waals surface area (Å²) >= 11 is 6.92. The van der Waals surface area contributed by atoms with Gasteiger partial charge < -0.3 is 5.32 Å². The van der Waals surface area contributed by atoms with Crippen LogP contribution in [0, 0.1) is 0 Å². The number of halogens is 1. The summed E-state index contributed by atoms with van der Waals surface area (Å²) in [5, 5.41) is 5.90. The molecular formula is C9H12ClN3O3S2. The van der Waals surface area contributed by atoms with Crippen LogP contribution in [-0.4, -0.2) is 46.8 Å². The highest BCUT2D eigenvalue weighted by Gasteiger charge is 2.37. The lowest BCUT2D eigenvalue weighted by Gasteiger charge is -2.13. The zero-order valence-corrected chi connectivity index (χ0v) is 12.0. The third kappa shape index (κ3) is 2.81. The standard InChI is InChI=1S/C9H12ClN3O3S2/c1-2-6-8(17-13-12-6)9(14)11-7-4-18(15,16)3-5(7)10/h5,7H,2-4H2,1H3,(H,11,14). The fourth-order valence-electron chi connectivity index (χ4n) is 1.78. The molecule has 100 valence electrons. The summed E-state index contributed by atoms with van der Waals surface area (Å²) in [6.07, 6.45) is 0.604. The van der Waals surface area contributed by atoms with Gasteiger partial charge in [0, 0.05) is 0 Å². The average Bonchev–Trinajstić information content (AvgIpc) is 2.83. The van der Waals surface area contributed by atoms with Crippen LogP contribution >= 0.6 is 23.1 Å². The van der Waals surface area contributed by atoms with Crippen molar-refractivity contribution in [1.82, 2.24) is 14.9 Å². The van der Waals surface area contributed by atoms with E-state index >= 15 is 0 Å². The van der Waals surface area contributed by atoms with E-state index in [4.69, 9.17) is 11.6 Å². The van der Waals surface area contributed by atoms with Crippen molar-refractivity contribution < 1.29 is 13.2 Å². The Morgan fingerprint density at radius 3 is 2.83 bits per heavy atom. The lowest BCUT2D eigenvalue weighted by molar-refractivity contribution is 0.0944. The molecule has 18 heavy (non-hydrogen) atoms. The number of nitrogens with one attached hydrogen (secondary N) is 1. The summed E-state index contributed by atoms with van der Waals surface area (Å²) in [6, 6.07) is -0.545. The molecule has 0 radical (unpaired) electrons. The number of rotatable bonds is 3. The average molecular weight is 310 g/mol. The molecule has 1 aromatic heterocycles. The summed E-state index contributed by atoms with van der Waals surface area (Å²) in [5.74, 6) is -0.559. The number of carbonyl (C=O) groups is 1. The van der Waals surface area contributed by atoms with Crippen LogP contribution in [0.2, 0.25) is 0 Å². The van der Waals surface area contributed by atoms with E-state index in [1.165, 1.54) is 0 Å². The first kappa shape index (κ1) is 13.7. The molecule has 0 bridgehead atoms. The first-order valence-electron chi connectivity index (χ1n) is 5.39. The smallest absolute Gasteiger partial charge is 0.265 e. The van der Waals surface area contributed by atoms with E-state index in [9.17, 15) is 13.2 Å². The Labute approximate surface area is 114 Å². The predicted octanol–water partition coefficient (Wildman–Crippen LogP) is 0.235. The zero-order valence-electron chi connectivity index (χ0n) is 9.59. The fourth-order valence-corrected chi connectivity index (χ4v) is 4.99. The minimum Gasteiger partial charge on any atom is -0.346 e. The predicted molar refractivity (Wildman–Crippen MR) is 68.8 cm³/mol. The minimum atomic E-state index is -3.15. The molecule has 1 aromatic rings. The van der Waals surface area contributed by atoms with Gasteiger partial charge in [-0.05, 0) is 18.0 Å². The largest absolute Gasteiger partial charge is 0.346 e. The van der Waals surface area contributed by atoms with Crippen LogP contribution in [0.4, 0.5) is 0 Å².